The molecule has 0 spiro atoms. The minimum Gasteiger partial charge on any atom is -0.460 e. The van der Waals surface area contributed by atoms with Crippen molar-refractivity contribution in [3.63, 3.8) is 0 Å². The molecule has 1 amide bonds. The summed E-state index contributed by atoms with van der Waals surface area (Å²) >= 11 is 0. The Labute approximate surface area is 209 Å². The standard InChI is InChI=1S/C25H25N5O4.H2S/c1-4-33-25(32)21-9-8-20(34-21)19-12-22(30-14-29-19)28-13-15(2)16-6-5-7-17-18(24(31)26-3)10-11-27-23(16)17;/h5-12,14-15H,4,13H2,1-3H3,(H,26,31)(H,28,29,30);1H2/t15-;/m1./s1. The van der Waals surface area contributed by atoms with Gasteiger partial charge in [0.25, 0.3) is 5.91 Å². The van der Waals surface area contributed by atoms with Crippen LogP contribution in [-0.2, 0) is 4.74 Å². The number of anilines is 1. The topological polar surface area (TPSA) is 119 Å². The number of hydrogen-bond acceptors (Lipinski definition) is 8. The second-order valence-electron chi connectivity index (χ2n) is 7.64. The van der Waals surface area contributed by atoms with Crippen LogP contribution in [0.15, 0.2) is 59.4 Å². The van der Waals surface area contributed by atoms with Crippen molar-refractivity contribution in [2.75, 3.05) is 25.5 Å². The Kier molecular flexibility index (Phi) is 8.43. The molecule has 0 aliphatic heterocycles. The van der Waals surface area contributed by atoms with E-state index in [9.17, 15) is 9.59 Å². The molecule has 10 heteroatoms. The molecule has 0 saturated heterocycles. The van der Waals surface area contributed by atoms with Crippen LogP contribution in [0.1, 0.15) is 46.2 Å². The number of nitrogens with one attached hydrogen (secondary N) is 2. The molecule has 2 N–H and O–H groups in total. The van der Waals surface area contributed by atoms with Gasteiger partial charge in [0.05, 0.1) is 17.7 Å². The lowest BCUT2D eigenvalue weighted by atomic mass is 9.96. The molecule has 3 heterocycles. The van der Waals surface area contributed by atoms with Crippen LogP contribution in [0.4, 0.5) is 5.82 Å². The summed E-state index contributed by atoms with van der Waals surface area (Å²) in [5, 5.41) is 6.81. The lowest BCUT2D eigenvalue weighted by Gasteiger charge is -2.16. The number of para-hydroxylation sites is 1. The number of benzene rings is 1. The van der Waals surface area contributed by atoms with Gasteiger partial charge in [0.1, 0.15) is 17.8 Å². The molecule has 0 saturated carbocycles. The highest BCUT2D eigenvalue weighted by Gasteiger charge is 2.16. The first-order valence-corrected chi connectivity index (χ1v) is 10.9. The predicted octanol–water partition coefficient (Wildman–Crippen LogP) is 4.15. The number of furan rings is 1. The predicted molar refractivity (Wildman–Crippen MR) is 138 cm³/mol. The highest BCUT2D eigenvalue weighted by Crippen LogP contribution is 2.27. The van der Waals surface area contributed by atoms with Crippen LogP contribution in [0.5, 0.6) is 0 Å². The first-order valence-electron chi connectivity index (χ1n) is 10.9. The fourth-order valence-electron chi connectivity index (χ4n) is 3.67. The number of rotatable bonds is 8. The minimum absolute atomic E-state index is 0. The van der Waals surface area contributed by atoms with Gasteiger partial charge in [0.2, 0.25) is 5.76 Å². The van der Waals surface area contributed by atoms with Crippen molar-refractivity contribution < 1.29 is 18.7 Å². The highest BCUT2D eigenvalue weighted by molar-refractivity contribution is 7.59. The SMILES string of the molecule is CCOC(=O)c1ccc(-c2cc(NC[C@@H](C)c3cccc4c(C(=O)NC)ccnc34)ncn2)o1.S. The van der Waals surface area contributed by atoms with Crippen molar-refractivity contribution in [2.45, 2.75) is 19.8 Å². The third-order valence-electron chi connectivity index (χ3n) is 5.40. The Hall–Kier alpha value is -3.92. The summed E-state index contributed by atoms with van der Waals surface area (Å²) in [6, 6.07) is 12.6. The second-order valence-corrected chi connectivity index (χ2v) is 7.64. The lowest BCUT2D eigenvalue weighted by Crippen LogP contribution is -2.18. The molecule has 35 heavy (non-hydrogen) atoms. The van der Waals surface area contributed by atoms with Gasteiger partial charge in [-0.2, -0.15) is 13.5 Å². The number of carbonyl (C=O) groups excluding carboxylic acids is 2. The average Bonchev–Trinajstić information content (AvgIpc) is 3.37. The van der Waals surface area contributed by atoms with Gasteiger partial charge in [0.15, 0.2) is 5.76 Å². The first kappa shape index (κ1) is 25.7. The van der Waals surface area contributed by atoms with Gasteiger partial charge < -0.3 is 19.8 Å². The molecule has 0 unspecified atom stereocenters. The van der Waals surface area contributed by atoms with E-state index in [4.69, 9.17) is 9.15 Å². The van der Waals surface area contributed by atoms with Gasteiger partial charge >= 0.3 is 5.97 Å². The Balaban J connectivity index is 0.00000342. The highest BCUT2D eigenvalue weighted by atomic mass is 32.1. The Bertz CT molecular complexity index is 1340. The van der Waals surface area contributed by atoms with Crippen molar-refractivity contribution in [3.8, 4) is 11.5 Å². The van der Waals surface area contributed by atoms with Crippen LogP contribution in [0.25, 0.3) is 22.4 Å². The van der Waals surface area contributed by atoms with E-state index < -0.39 is 5.97 Å². The maximum absolute atomic E-state index is 12.2. The number of nitrogens with zero attached hydrogens (tertiary/aromatic N) is 3. The molecule has 3 aromatic heterocycles. The van der Waals surface area contributed by atoms with Gasteiger partial charge in [-0.05, 0) is 30.7 Å². The molecule has 1 aromatic carbocycles. The molecule has 9 nitrogen and oxygen atoms in total. The fraction of sp³-hybridized carbons (Fsp3) is 0.240. The summed E-state index contributed by atoms with van der Waals surface area (Å²) in [5.74, 6) is 0.601. The normalized spacial score (nSPS) is 11.4. The Morgan fingerprint density at radius 3 is 2.71 bits per heavy atom. The van der Waals surface area contributed by atoms with E-state index in [-0.39, 0.29) is 37.7 Å². The minimum atomic E-state index is -0.516. The summed E-state index contributed by atoms with van der Waals surface area (Å²) in [7, 11) is 1.61. The summed E-state index contributed by atoms with van der Waals surface area (Å²) in [4.78, 5) is 37.2. The number of amides is 1. The van der Waals surface area contributed by atoms with Crippen molar-refractivity contribution in [1.29, 1.82) is 0 Å². The quantitative estimate of drug-likeness (QED) is 0.351. The van der Waals surface area contributed by atoms with Gasteiger partial charge in [0, 0.05) is 37.2 Å². The summed E-state index contributed by atoms with van der Waals surface area (Å²) in [6.45, 7) is 4.66. The molecule has 4 rings (SSSR count). The van der Waals surface area contributed by atoms with E-state index in [1.165, 1.54) is 6.33 Å². The second kappa shape index (κ2) is 11.5. The zero-order valence-electron chi connectivity index (χ0n) is 19.7. The number of carbonyl (C=O) groups is 2. The van der Waals surface area contributed by atoms with Crippen LogP contribution < -0.4 is 10.6 Å². The van der Waals surface area contributed by atoms with E-state index in [0.717, 1.165) is 16.5 Å². The van der Waals surface area contributed by atoms with Crippen molar-refractivity contribution >= 4 is 42.1 Å². The van der Waals surface area contributed by atoms with Gasteiger partial charge in [-0.3, -0.25) is 9.78 Å². The molecule has 4 aromatic rings. The Morgan fingerprint density at radius 1 is 1.11 bits per heavy atom. The Morgan fingerprint density at radius 2 is 1.94 bits per heavy atom. The molecule has 0 aliphatic carbocycles. The van der Waals surface area contributed by atoms with Crippen molar-refractivity contribution in [3.05, 3.63) is 71.9 Å². The first-order chi connectivity index (χ1) is 16.5. The van der Waals surface area contributed by atoms with Gasteiger partial charge in [-0.15, -0.1) is 0 Å². The molecular formula is C25H27N5O4S. The number of fused-ring (bicyclic) bond motifs is 1. The van der Waals surface area contributed by atoms with Gasteiger partial charge in [-0.25, -0.2) is 14.8 Å². The van der Waals surface area contributed by atoms with E-state index in [1.54, 1.807) is 44.4 Å². The fourth-order valence-corrected chi connectivity index (χ4v) is 3.67. The molecule has 0 radical (unpaired) electrons. The number of pyridine rings is 1. The molecule has 0 fully saturated rings. The van der Waals surface area contributed by atoms with E-state index in [1.807, 2.05) is 18.2 Å². The maximum Gasteiger partial charge on any atom is 0.374 e. The van der Waals surface area contributed by atoms with Crippen LogP contribution in [-0.4, -0.2) is 47.0 Å². The summed E-state index contributed by atoms with van der Waals surface area (Å²) in [6.07, 6.45) is 3.09. The zero-order chi connectivity index (χ0) is 24.1. The molecular weight excluding hydrogens is 466 g/mol. The summed E-state index contributed by atoms with van der Waals surface area (Å²) < 4.78 is 10.5. The molecule has 0 bridgehead atoms. The molecule has 1 atom stereocenters. The van der Waals surface area contributed by atoms with Crippen LogP contribution in [0, 0.1) is 0 Å². The van der Waals surface area contributed by atoms with E-state index in [2.05, 4.69) is 32.5 Å². The number of esters is 1. The van der Waals surface area contributed by atoms with Crippen LogP contribution >= 0.6 is 13.5 Å². The third kappa shape index (κ3) is 5.60. The maximum atomic E-state index is 12.2. The largest absolute Gasteiger partial charge is 0.460 e. The van der Waals surface area contributed by atoms with Gasteiger partial charge in [-0.1, -0.05) is 25.1 Å². The van der Waals surface area contributed by atoms with Crippen LogP contribution in [0.2, 0.25) is 0 Å². The molecule has 0 aliphatic rings. The number of ether oxygens (including phenoxy) is 1. The monoisotopic (exact) mass is 493 g/mol. The van der Waals surface area contributed by atoms with E-state index in [0.29, 0.717) is 29.4 Å². The van der Waals surface area contributed by atoms with Crippen LogP contribution in [0.3, 0.4) is 0 Å². The van der Waals surface area contributed by atoms with E-state index >= 15 is 0 Å². The third-order valence-corrected chi connectivity index (χ3v) is 5.40. The van der Waals surface area contributed by atoms with Crippen molar-refractivity contribution in [2.24, 2.45) is 0 Å². The zero-order valence-corrected chi connectivity index (χ0v) is 20.7. The lowest BCUT2D eigenvalue weighted by molar-refractivity contribution is 0.0491. The smallest absolute Gasteiger partial charge is 0.374 e. The van der Waals surface area contributed by atoms with Crippen molar-refractivity contribution in [1.82, 2.24) is 20.3 Å². The number of hydrogen-bond donors (Lipinski definition) is 2. The molecule has 182 valence electrons. The summed E-state index contributed by atoms with van der Waals surface area (Å²) in [5.41, 5.74) is 2.96. The number of aromatic nitrogens is 3. The average molecular weight is 494 g/mol.